The highest BCUT2D eigenvalue weighted by molar-refractivity contribution is 9.10. The smallest absolute Gasteiger partial charge is 0.144 e. The Balaban J connectivity index is 2.75. The van der Waals surface area contributed by atoms with Crippen molar-refractivity contribution >= 4 is 15.9 Å². The van der Waals surface area contributed by atoms with Gasteiger partial charge in [0.2, 0.25) is 0 Å². The van der Waals surface area contributed by atoms with Crippen LogP contribution in [-0.2, 0) is 6.54 Å². The summed E-state index contributed by atoms with van der Waals surface area (Å²) >= 11 is 3.01. The summed E-state index contributed by atoms with van der Waals surface area (Å²) in [7, 11) is 0. The molecule has 0 aliphatic heterocycles. The lowest BCUT2D eigenvalue weighted by atomic mass is 10.2. The number of hydrogen-bond donors (Lipinski definition) is 1. The van der Waals surface area contributed by atoms with E-state index in [1.165, 1.54) is 12.1 Å². The summed E-state index contributed by atoms with van der Waals surface area (Å²) in [6.07, 6.45) is 0. The van der Waals surface area contributed by atoms with Crippen molar-refractivity contribution in [2.24, 2.45) is 0 Å². The molecule has 1 rings (SSSR count). The normalized spacial score (nSPS) is 10.4. The van der Waals surface area contributed by atoms with Crippen LogP contribution in [-0.4, -0.2) is 6.54 Å². The van der Waals surface area contributed by atoms with Crippen LogP contribution in [0.15, 0.2) is 28.8 Å². The molecular weight excluding hydrogens is 264 g/mol. The average molecular weight is 276 g/mol. The summed E-state index contributed by atoms with van der Waals surface area (Å²) in [5.74, 6) is -1.09. The zero-order valence-corrected chi connectivity index (χ0v) is 10.00. The van der Waals surface area contributed by atoms with E-state index in [4.69, 9.17) is 0 Å². The molecule has 0 saturated heterocycles. The van der Waals surface area contributed by atoms with Gasteiger partial charge in [-0.15, -0.1) is 0 Å². The fourth-order valence-electron chi connectivity index (χ4n) is 1.13. The van der Waals surface area contributed by atoms with Gasteiger partial charge in [0.05, 0.1) is 4.47 Å². The topological polar surface area (TPSA) is 12.0 Å². The highest BCUT2D eigenvalue weighted by Gasteiger charge is 2.11. The second kappa shape index (κ2) is 5.37. The van der Waals surface area contributed by atoms with Gasteiger partial charge in [-0.1, -0.05) is 12.2 Å². The van der Waals surface area contributed by atoms with Crippen molar-refractivity contribution in [3.63, 3.8) is 0 Å². The molecule has 0 radical (unpaired) electrons. The molecule has 0 bridgehead atoms. The highest BCUT2D eigenvalue weighted by Crippen LogP contribution is 2.21. The van der Waals surface area contributed by atoms with Crippen LogP contribution in [0.1, 0.15) is 12.5 Å². The molecule has 1 nitrogen and oxygen atoms in total. The predicted molar refractivity (Wildman–Crippen MR) is 60.6 cm³/mol. The van der Waals surface area contributed by atoms with Crippen LogP contribution in [0, 0.1) is 11.6 Å². The second-order valence-electron chi connectivity index (χ2n) is 3.38. The molecule has 0 saturated carbocycles. The maximum atomic E-state index is 13.4. The molecule has 0 unspecified atom stereocenters. The quantitative estimate of drug-likeness (QED) is 0.656. The zero-order valence-electron chi connectivity index (χ0n) is 8.41. The van der Waals surface area contributed by atoms with E-state index in [0.29, 0.717) is 6.54 Å². The van der Waals surface area contributed by atoms with Gasteiger partial charge in [0.15, 0.2) is 0 Å². The number of nitrogens with one attached hydrogen (secondary N) is 1. The number of rotatable bonds is 4. The monoisotopic (exact) mass is 275 g/mol. The van der Waals surface area contributed by atoms with Gasteiger partial charge in [0.25, 0.3) is 0 Å². The molecule has 0 aromatic heterocycles. The first-order chi connectivity index (χ1) is 7.02. The van der Waals surface area contributed by atoms with Gasteiger partial charge in [0.1, 0.15) is 11.6 Å². The highest BCUT2D eigenvalue weighted by atomic mass is 79.9. The SMILES string of the molecule is C=C(C)CNCc1c(F)ccc(Br)c1F. The molecule has 1 N–H and O–H groups in total. The third-order valence-electron chi connectivity index (χ3n) is 1.87. The molecule has 0 fully saturated rings. The fraction of sp³-hybridized carbons (Fsp3) is 0.273. The van der Waals surface area contributed by atoms with Gasteiger partial charge in [-0.2, -0.15) is 0 Å². The van der Waals surface area contributed by atoms with E-state index in [9.17, 15) is 8.78 Å². The Morgan fingerprint density at radius 3 is 2.73 bits per heavy atom. The van der Waals surface area contributed by atoms with E-state index in [0.717, 1.165) is 5.57 Å². The molecule has 0 amide bonds. The average Bonchev–Trinajstić information content (AvgIpc) is 2.17. The van der Waals surface area contributed by atoms with E-state index in [2.05, 4.69) is 27.8 Å². The van der Waals surface area contributed by atoms with Gasteiger partial charge in [-0.05, 0) is 35.0 Å². The van der Waals surface area contributed by atoms with E-state index in [-0.39, 0.29) is 16.6 Å². The van der Waals surface area contributed by atoms with E-state index in [1.807, 2.05) is 6.92 Å². The van der Waals surface area contributed by atoms with Crippen LogP contribution < -0.4 is 5.32 Å². The van der Waals surface area contributed by atoms with Gasteiger partial charge in [0, 0.05) is 18.7 Å². The van der Waals surface area contributed by atoms with Gasteiger partial charge >= 0.3 is 0 Å². The standard InChI is InChI=1S/C11H12BrF2N/c1-7(2)5-15-6-8-10(13)4-3-9(12)11(8)14/h3-4,15H,1,5-6H2,2H3. The van der Waals surface area contributed by atoms with Crippen molar-refractivity contribution in [3.8, 4) is 0 Å². The minimum Gasteiger partial charge on any atom is -0.309 e. The maximum Gasteiger partial charge on any atom is 0.144 e. The Hall–Kier alpha value is -0.740. The molecule has 82 valence electrons. The molecule has 0 aliphatic carbocycles. The third kappa shape index (κ3) is 3.39. The largest absolute Gasteiger partial charge is 0.309 e. The molecule has 1 aromatic carbocycles. The minimum atomic E-state index is -0.552. The predicted octanol–water partition coefficient (Wildman–Crippen LogP) is 3.39. The van der Waals surface area contributed by atoms with Crippen molar-refractivity contribution in [2.75, 3.05) is 6.54 Å². The van der Waals surface area contributed by atoms with E-state index >= 15 is 0 Å². The third-order valence-corrected chi connectivity index (χ3v) is 2.48. The van der Waals surface area contributed by atoms with Gasteiger partial charge < -0.3 is 5.32 Å². The molecule has 0 heterocycles. The Bertz CT molecular complexity index is 377. The zero-order chi connectivity index (χ0) is 11.4. The van der Waals surface area contributed by atoms with Crippen molar-refractivity contribution in [2.45, 2.75) is 13.5 Å². The molecule has 0 aliphatic rings. The molecular formula is C11H12BrF2N. The summed E-state index contributed by atoms with van der Waals surface area (Å²) in [5, 5.41) is 2.91. The first-order valence-corrected chi connectivity index (χ1v) is 5.29. The van der Waals surface area contributed by atoms with Crippen molar-refractivity contribution in [1.82, 2.24) is 5.32 Å². The second-order valence-corrected chi connectivity index (χ2v) is 4.24. The van der Waals surface area contributed by atoms with Crippen LogP contribution in [0.5, 0.6) is 0 Å². The number of halogens is 3. The molecule has 15 heavy (non-hydrogen) atoms. The van der Waals surface area contributed by atoms with Gasteiger partial charge in [-0.25, -0.2) is 8.78 Å². The summed E-state index contributed by atoms with van der Waals surface area (Å²) in [4.78, 5) is 0. The van der Waals surface area contributed by atoms with Crippen molar-refractivity contribution < 1.29 is 8.78 Å². The van der Waals surface area contributed by atoms with E-state index < -0.39 is 11.6 Å². The number of hydrogen-bond acceptors (Lipinski definition) is 1. The van der Waals surface area contributed by atoms with Crippen LogP contribution in [0.2, 0.25) is 0 Å². The summed E-state index contributed by atoms with van der Waals surface area (Å²) in [6.45, 7) is 6.24. The lowest BCUT2D eigenvalue weighted by molar-refractivity contribution is 0.537. The van der Waals surface area contributed by atoms with E-state index in [1.54, 1.807) is 0 Å². The van der Waals surface area contributed by atoms with Crippen molar-refractivity contribution in [3.05, 3.63) is 46.0 Å². The van der Waals surface area contributed by atoms with Gasteiger partial charge in [-0.3, -0.25) is 0 Å². The first kappa shape index (κ1) is 12.3. The summed E-state index contributed by atoms with van der Waals surface area (Å²) in [5.41, 5.74) is 0.969. The maximum absolute atomic E-state index is 13.4. The first-order valence-electron chi connectivity index (χ1n) is 4.50. The Labute approximate surface area is 96.3 Å². The fourth-order valence-corrected chi connectivity index (χ4v) is 1.50. The number of benzene rings is 1. The minimum absolute atomic E-state index is 0.0469. The summed E-state index contributed by atoms with van der Waals surface area (Å²) in [6, 6.07) is 2.60. The van der Waals surface area contributed by atoms with Crippen LogP contribution in [0.25, 0.3) is 0 Å². The van der Waals surface area contributed by atoms with Crippen LogP contribution in [0.4, 0.5) is 8.78 Å². The van der Waals surface area contributed by atoms with Crippen LogP contribution in [0.3, 0.4) is 0 Å². The lowest BCUT2D eigenvalue weighted by Crippen LogP contribution is -2.17. The molecule has 0 atom stereocenters. The molecule has 4 heteroatoms. The Kier molecular flexibility index (Phi) is 4.42. The van der Waals surface area contributed by atoms with Crippen molar-refractivity contribution in [1.29, 1.82) is 0 Å². The molecule has 0 spiro atoms. The van der Waals surface area contributed by atoms with Crippen LogP contribution >= 0.6 is 15.9 Å². The molecule has 1 aromatic rings. The lowest BCUT2D eigenvalue weighted by Gasteiger charge is -2.07. The summed E-state index contributed by atoms with van der Waals surface area (Å²) < 4.78 is 26.9. The Morgan fingerprint density at radius 2 is 2.13 bits per heavy atom. The Morgan fingerprint density at radius 1 is 1.47 bits per heavy atom.